The van der Waals surface area contributed by atoms with Crippen LogP contribution in [-0.4, -0.2) is 19.7 Å². The maximum atomic E-state index is 14.0. The average Bonchev–Trinajstić information content (AvgIpc) is 2.50. The van der Waals surface area contributed by atoms with Gasteiger partial charge in [0.15, 0.2) is 0 Å². The molecular weight excluding hydrogens is 260 g/mol. The molecule has 20 heavy (non-hydrogen) atoms. The van der Waals surface area contributed by atoms with Crippen molar-refractivity contribution in [2.24, 2.45) is 0 Å². The van der Waals surface area contributed by atoms with Gasteiger partial charge in [-0.2, -0.15) is 0 Å². The second-order valence-corrected chi connectivity index (χ2v) is 4.81. The van der Waals surface area contributed by atoms with Crippen LogP contribution in [0.5, 0.6) is 0 Å². The van der Waals surface area contributed by atoms with Crippen molar-refractivity contribution in [1.29, 1.82) is 0 Å². The number of hydrogen-bond acceptors (Lipinski definition) is 2. The third-order valence-electron chi connectivity index (χ3n) is 3.45. The maximum Gasteiger partial charge on any atom is 0.129 e. The molecule has 0 aromatic heterocycles. The van der Waals surface area contributed by atoms with Gasteiger partial charge in [-0.05, 0) is 35.4 Å². The first-order valence-corrected chi connectivity index (χ1v) is 6.62. The van der Waals surface area contributed by atoms with Gasteiger partial charge in [0, 0.05) is 18.7 Å². The molecule has 1 atom stereocenters. The Hall–Kier alpha value is -1.78. The van der Waals surface area contributed by atoms with Crippen LogP contribution in [0.4, 0.5) is 8.78 Å². The highest BCUT2D eigenvalue weighted by Gasteiger charge is 2.19. The minimum absolute atomic E-state index is 0.274. The summed E-state index contributed by atoms with van der Waals surface area (Å²) >= 11 is 0. The number of halogens is 2. The van der Waals surface area contributed by atoms with Crippen LogP contribution in [-0.2, 0) is 4.74 Å². The highest BCUT2D eigenvalue weighted by Crippen LogP contribution is 2.28. The van der Waals surface area contributed by atoms with E-state index in [0.29, 0.717) is 18.7 Å². The minimum Gasteiger partial charge on any atom is -0.371 e. The summed E-state index contributed by atoms with van der Waals surface area (Å²) in [6.07, 6.45) is -0.274. The number of ether oxygens (including phenoxy) is 1. The third-order valence-corrected chi connectivity index (χ3v) is 3.45. The van der Waals surface area contributed by atoms with E-state index in [4.69, 9.17) is 4.74 Å². The van der Waals surface area contributed by atoms with Gasteiger partial charge in [-0.1, -0.05) is 18.2 Å². The summed E-state index contributed by atoms with van der Waals surface area (Å²) in [4.78, 5) is 0. The number of nitrogens with one attached hydrogen (secondary N) is 1. The Balaban J connectivity index is 1.95. The zero-order chi connectivity index (χ0) is 13.9. The van der Waals surface area contributed by atoms with Crippen molar-refractivity contribution in [2.45, 2.75) is 6.10 Å². The predicted molar refractivity (Wildman–Crippen MR) is 73.4 cm³/mol. The molecule has 1 N–H and O–H groups in total. The monoisotopic (exact) mass is 275 g/mol. The Labute approximate surface area is 116 Å². The average molecular weight is 275 g/mol. The zero-order valence-corrected chi connectivity index (χ0v) is 10.9. The quantitative estimate of drug-likeness (QED) is 0.908. The number of rotatable bonds is 2. The molecule has 4 heteroatoms. The van der Waals surface area contributed by atoms with Gasteiger partial charge in [0.25, 0.3) is 0 Å². The SMILES string of the molecule is Fc1ccc(-c2ccc(F)c(C3CNCCO3)c2)cc1. The molecule has 3 rings (SSSR count). The standard InChI is InChI=1S/C16H15F2NO/c17-13-4-1-11(2-5-13)12-3-6-15(18)14(9-12)16-10-19-7-8-20-16/h1-6,9,16,19H,7-8,10H2. The lowest BCUT2D eigenvalue weighted by atomic mass is 9.99. The lowest BCUT2D eigenvalue weighted by Gasteiger charge is -2.24. The Morgan fingerprint density at radius 1 is 1.00 bits per heavy atom. The molecule has 0 saturated carbocycles. The first kappa shape index (κ1) is 13.2. The van der Waals surface area contributed by atoms with Gasteiger partial charge in [0.2, 0.25) is 0 Å². The summed E-state index contributed by atoms with van der Waals surface area (Å²) in [5.74, 6) is -0.555. The van der Waals surface area contributed by atoms with Gasteiger partial charge in [-0.25, -0.2) is 8.78 Å². The fourth-order valence-corrected chi connectivity index (χ4v) is 2.38. The van der Waals surface area contributed by atoms with E-state index in [-0.39, 0.29) is 17.7 Å². The molecule has 1 fully saturated rings. The van der Waals surface area contributed by atoms with E-state index in [9.17, 15) is 8.78 Å². The fourth-order valence-electron chi connectivity index (χ4n) is 2.38. The van der Waals surface area contributed by atoms with Crippen LogP contribution in [0.15, 0.2) is 42.5 Å². The topological polar surface area (TPSA) is 21.3 Å². The van der Waals surface area contributed by atoms with E-state index < -0.39 is 0 Å². The summed E-state index contributed by atoms with van der Waals surface area (Å²) in [5, 5.41) is 3.19. The van der Waals surface area contributed by atoms with Gasteiger partial charge < -0.3 is 10.1 Å². The molecule has 104 valence electrons. The molecular formula is C16H15F2NO. The molecule has 1 heterocycles. The summed E-state index contributed by atoms with van der Waals surface area (Å²) in [6.45, 7) is 1.96. The van der Waals surface area contributed by atoms with Crippen molar-refractivity contribution < 1.29 is 13.5 Å². The molecule has 0 radical (unpaired) electrons. The number of hydrogen-bond donors (Lipinski definition) is 1. The molecule has 1 aliphatic heterocycles. The van der Waals surface area contributed by atoms with Crippen LogP contribution in [0.1, 0.15) is 11.7 Å². The highest BCUT2D eigenvalue weighted by molar-refractivity contribution is 5.64. The lowest BCUT2D eigenvalue weighted by molar-refractivity contribution is 0.0255. The van der Waals surface area contributed by atoms with E-state index >= 15 is 0 Å². The van der Waals surface area contributed by atoms with Crippen LogP contribution in [0.25, 0.3) is 11.1 Å². The first-order valence-electron chi connectivity index (χ1n) is 6.62. The Morgan fingerprint density at radius 3 is 2.45 bits per heavy atom. The predicted octanol–water partition coefficient (Wildman–Crippen LogP) is 3.29. The van der Waals surface area contributed by atoms with Crippen LogP contribution in [0.2, 0.25) is 0 Å². The largest absolute Gasteiger partial charge is 0.371 e. The van der Waals surface area contributed by atoms with Gasteiger partial charge in [0.05, 0.1) is 12.7 Å². The molecule has 2 aromatic rings. The molecule has 0 amide bonds. The molecule has 0 spiro atoms. The van der Waals surface area contributed by atoms with Crippen molar-refractivity contribution in [1.82, 2.24) is 5.32 Å². The lowest BCUT2D eigenvalue weighted by Crippen LogP contribution is -2.33. The molecule has 0 bridgehead atoms. The zero-order valence-electron chi connectivity index (χ0n) is 10.9. The first-order chi connectivity index (χ1) is 9.74. The minimum atomic E-state index is -0.282. The third kappa shape index (κ3) is 2.71. The molecule has 2 nitrogen and oxygen atoms in total. The van der Waals surface area contributed by atoms with E-state index in [1.54, 1.807) is 24.3 Å². The summed E-state index contributed by atoms with van der Waals surface area (Å²) < 4.78 is 32.5. The second kappa shape index (κ2) is 5.69. The fraction of sp³-hybridized carbons (Fsp3) is 0.250. The molecule has 0 aliphatic carbocycles. The number of benzene rings is 2. The van der Waals surface area contributed by atoms with Crippen molar-refractivity contribution in [2.75, 3.05) is 19.7 Å². The van der Waals surface area contributed by atoms with Gasteiger partial charge in [0.1, 0.15) is 11.6 Å². The Bertz CT molecular complexity index is 592. The van der Waals surface area contributed by atoms with Crippen LogP contribution in [0.3, 0.4) is 0 Å². The van der Waals surface area contributed by atoms with Crippen molar-refractivity contribution in [3.8, 4) is 11.1 Å². The molecule has 2 aromatic carbocycles. The van der Waals surface area contributed by atoms with Crippen molar-refractivity contribution in [3.05, 3.63) is 59.7 Å². The summed E-state index contributed by atoms with van der Waals surface area (Å²) in [7, 11) is 0. The van der Waals surface area contributed by atoms with Crippen molar-refractivity contribution >= 4 is 0 Å². The second-order valence-electron chi connectivity index (χ2n) is 4.81. The van der Waals surface area contributed by atoms with E-state index in [0.717, 1.165) is 17.7 Å². The summed E-state index contributed by atoms with van der Waals surface area (Å²) in [5.41, 5.74) is 2.26. The maximum absolute atomic E-state index is 14.0. The van der Waals surface area contributed by atoms with E-state index in [1.165, 1.54) is 18.2 Å². The molecule has 1 saturated heterocycles. The Kier molecular flexibility index (Phi) is 3.76. The normalized spacial score (nSPS) is 19.0. The number of morpholine rings is 1. The smallest absolute Gasteiger partial charge is 0.129 e. The van der Waals surface area contributed by atoms with Gasteiger partial charge in [-0.15, -0.1) is 0 Å². The van der Waals surface area contributed by atoms with Crippen LogP contribution >= 0.6 is 0 Å². The van der Waals surface area contributed by atoms with E-state index in [1.807, 2.05) is 0 Å². The summed E-state index contributed by atoms with van der Waals surface area (Å²) in [6, 6.07) is 11.1. The molecule has 1 unspecified atom stereocenters. The van der Waals surface area contributed by atoms with Crippen LogP contribution in [0, 0.1) is 11.6 Å². The Morgan fingerprint density at radius 2 is 1.75 bits per heavy atom. The van der Waals surface area contributed by atoms with Crippen molar-refractivity contribution in [3.63, 3.8) is 0 Å². The van der Waals surface area contributed by atoms with E-state index in [2.05, 4.69) is 5.32 Å². The highest BCUT2D eigenvalue weighted by atomic mass is 19.1. The van der Waals surface area contributed by atoms with Gasteiger partial charge >= 0.3 is 0 Å². The molecule has 1 aliphatic rings. The van der Waals surface area contributed by atoms with Gasteiger partial charge in [-0.3, -0.25) is 0 Å². The van der Waals surface area contributed by atoms with Crippen LogP contribution < -0.4 is 5.32 Å².